The van der Waals surface area contributed by atoms with E-state index in [2.05, 4.69) is 22.0 Å². The molecule has 3 nitrogen and oxygen atoms in total. The third kappa shape index (κ3) is 2.09. The van der Waals surface area contributed by atoms with Gasteiger partial charge in [-0.3, -0.25) is 0 Å². The van der Waals surface area contributed by atoms with Crippen molar-refractivity contribution in [3.8, 4) is 5.75 Å². The first-order chi connectivity index (χ1) is 8.19. The molecule has 1 aromatic carbocycles. The minimum atomic E-state index is -0.196. The van der Waals surface area contributed by atoms with Crippen LogP contribution in [-0.4, -0.2) is 18.8 Å². The van der Waals surface area contributed by atoms with Crippen molar-refractivity contribution in [2.75, 3.05) is 13.2 Å². The lowest BCUT2D eigenvalue weighted by molar-refractivity contribution is -0.0833. The fraction of sp³-hybridized carbons (Fsp3) is 0.538. The van der Waals surface area contributed by atoms with Crippen LogP contribution in [0.25, 0.3) is 0 Å². The standard InChI is InChI=1S/C13H16BrNO2/c14-9-2-3-12-10(6-9)11(15)7-13(17-12)4-1-5-16-8-13/h2-3,6,11H,1,4-5,7-8,15H2/t11-,13?/m0/s1. The Morgan fingerprint density at radius 3 is 3.06 bits per heavy atom. The first-order valence-corrected chi connectivity index (χ1v) is 6.80. The highest BCUT2D eigenvalue weighted by Gasteiger charge is 2.41. The van der Waals surface area contributed by atoms with Crippen LogP contribution in [0.2, 0.25) is 0 Å². The van der Waals surface area contributed by atoms with Gasteiger partial charge in [0.25, 0.3) is 0 Å². The molecule has 2 atom stereocenters. The van der Waals surface area contributed by atoms with Crippen LogP contribution in [0, 0.1) is 0 Å². The second kappa shape index (κ2) is 4.26. The molecule has 0 aliphatic carbocycles. The van der Waals surface area contributed by atoms with E-state index in [9.17, 15) is 0 Å². The summed E-state index contributed by atoms with van der Waals surface area (Å²) in [6.45, 7) is 1.50. The molecule has 17 heavy (non-hydrogen) atoms. The van der Waals surface area contributed by atoms with E-state index in [0.717, 1.165) is 41.7 Å². The number of hydrogen-bond acceptors (Lipinski definition) is 3. The van der Waals surface area contributed by atoms with E-state index in [1.165, 1.54) is 0 Å². The van der Waals surface area contributed by atoms with E-state index >= 15 is 0 Å². The smallest absolute Gasteiger partial charge is 0.134 e. The number of benzene rings is 1. The molecule has 2 N–H and O–H groups in total. The number of ether oxygens (including phenoxy) is 2. The summed E-state index contributed by atoms with van der Waals surface area (Å²) in [5.74, 6) is 0.914. The van der Waals surface area contributed by atoms with Crippen molar-refractivity contribution in [2.24, 2.45) is 5.73 Å². The number of fused-ring (bicyclic) bond motifs is 1. The average Bonchev–Trinajstić information content (AvgIpc) is 2.31. The van der Waals surface area contributed by atoms with Gasteiger partial charge in [0.15, 0.2) is 0 Å². The van der Waals surface area contributed by atoms with E-state index in [0.29, 0.717) is 6.61 Å². The average molecular weight is 298 g/mol. The highest BCUT2D eigenvalue weighted by Crippen LogP contribution is 2.42. The van der Waals surface area contributed by atoms with Gasteiger partial charge in [0.1, 0.15) is 11.4 Å². The topological polar surface area (TPSA) is 44.5 Å². The predicted molar refractivity (Wildman–Crippen MR) is 69.1 cm³/mol. The van der Waals surface area contributed by atoms with Gasteiger partial charge in [-0.1, -0.05) is 15.9 Å². The maximum Gasteiger partial charge on any atom is 0.134 e. The summed E-state index contributed by atoms with van der Waals surface area (Å²) in [4.78, 5) is 0. The minimum absolute atomic E-state index is 0.0398. The van der Waals surface area contributed by atoms with Gasteiger partial charge < -0.3 is 15.2 Å². The molecule has 1 fully saturated rings. The monoisotopic (exact) mass is 297 g/mol. The Balaban J connectivity index is 1.94. The Labute approximate surface area is 109 Å². The zero-order valence-electron chi connectivity index (χ0n) is 9.62. The van der Waals surface area contributed by atoms with Crippen molar-refractivity contribution in [1.29, 1.82) is 0 Å². The molecule has 0 aromatic heterocycles. The molecule has 0 saturated carbocycles. The van der Waals surface area contributed by atoms with E-state index < -0.39 is 0 Å². The molecule has 0 radical (unpaired) electrons. The number of nitrogens with two attached hydrogens (primary N) is 1. The zero-order chi connectivity index (χ0) is 11.9. The van der Waals surface area contributed by atoms with Crippen molar-refractivity contribution in [3.63, 3.8) is 0 Å². The van der Waals surface area contributed by atoms with Crippen molar-refractivity contribution < 1.29 is 9.47 Å². The lowest BCUT2D eigenvalue weighted by Crippen LogP contribution is -2.49. The van der Waals surface area contributed by atoms with Crippen LogP contribution in [0.1, 0.15) is 30.9 Å². The Kier molecular flexibility index (Phi) is 2.89. The van der Waals surface area contributed by atoms with Gasteiger partial charge in [0.05, 0.1) is 6.61 Å². The van der Waals surface area contributed by atoms with E-state index in [-0.39, 0.29) is 11.6 Å². The largest absolute Gasteiger partial charge is 0.484 e. The van der Waals surface area contributed by atoms with Crippen LogP contribution >= 0.6 is 15.9 Å². The quantitative estimate of drug-likeness (QED) is 0.801. The summed E-state index contributed by atoms with van der Waals surface area (Å²) in [6, 6.07) is 6.08. The Bertz CT molecular complexity index is 429. The maximum atomic E-state index is 6.26. The molecular formula is C13H16BrNO2. The Morgan fingerprint density at radius 2 is 2.29 bits per heavy atom. The maximum absolute atomic E-state index is 6.26. The normalized spacial score (nSPS) is 32.0. The molecule has 2 heterocycles. The Morgan fingerprint density at radius 1 is 1.41 bits per heavy atom. The molecule has 2 aliphatic rings. The molecular weight excluding hydrogens is 282 g/mol. The molecule has 3 rings (SSSR count). The van der Waals surface area contributed by atoms with Crippen molar-refractivity contribution in [2.45, 2.75) is 30.9 Å². The van der Waals surface area contributed by atoms with Crippen LogP contribution in [-0.2, 0) is 4.74 Å². The first-order valence-electron chi connectivity index (χ1n) is 6.00. The van der Waals surface area contributed by atoms with Crippen LogP contribution < -0.4 is 10.5 Å². The summed E-state index contributed by atoms with van der Waals surface area (Å²) in [7, 11) is 0. The first kappa shape index (κ1) is 11.5. The second-order valence-electron chi connectivity index (χ2n) is 4.93. The van der Waals surface area contributed by atoms with E-state index in [1.807, 2.05) is 12.1 Å². The van der Waals surface area contributed by atoms with Crippen molar-refractivity contribution in [1.82, 2.24) is 0 Å². The third-order valence-electron chi connectivity index (χ3n) is 3.58. The van der Waals surface area contributed by atoms with Crippen LogP contribution in [0.15, 0.2) is 22.7 Å². The molecule has 4 heteroatoms. The van der Waals surface area contributed by atoms with Gasteiger partial charge in [-0.05, 0) is 31.0 Å². The zero-order valence-corrected chi connectivity index (χ0v) is 11.2. The summed E-state index contributed by atoms with van der Waals surface area (Å²) in [5, 5.41) is 0. The number of hydrogen-bond donors (Lipinski definition) is 1. The second-order valence-corrected chi connectivity index (χ2v) is 5.85. The van der Waals surface area contributed by atoms with Gasteiger partial charge >= 0.3 is 0 Å². The van der Waals surface area contributed by atoms with Crippen LogP contribution in [0.5, 0.6) is 5.75 Å². The Hall–Kier alpha value is -0.580. The number of halogens is 1. The molecule has 1 unspecified atom stereocenters. The summed E-state index contributed by atoms with van der Waals surface area (Å²) in [5.41, 5.74) is 7.16. The molecule has 1 saturated heterocycles. The van der Waals surface area contributed by atoms with Crippen LogP contribution in [0.3, 0.4) is 0 Å². The summed E-state index contributed by atoms with van der Waals surface area (Å²) < 4.78 is 12.8. The third-order valence-corrected chi connectivity index (χ3v) is 4.07. The van der Waals surface area contributed by atoms with Crippen molar-refractivity contribution in [3.05, 3.63) is 28.2 Å². The van der Waals surface area contributed by atoms with Gasteiger partial charge in [-0.25, -0.2) is 0 Å². The highest BCUT2D eigenvalue weighted by molar-refractivity contribution is 9.10. The molecule has 2 aliphatic heterocycles. The van der Waals surface area contributed by atoms with Crippen molar-refractivity contribution >= 4 is 15.9 Å². The minimum Gasteiger partial charge on any atom is -0.484 e. The lowest BCUT2D eigenvalue weighted by atomic mass is 9.84. The summed E-state index contributed by atoms with van der Waals surface area (Å²) >= 11 is 3.47. The summed E-state index contributed by atoms with van der Waals surface area (Å²) in [6.07, 6.45) is 2.94. The fourth-order valence-corrected chi connectivity index (χ4v) is 3.13. The van der Waals surface area contributed by atoms with E-state index in [4.69, 9.17) is 15.2 Å². The number of rotatable bonds is 0. The molecule has 1 spiro atoms. The van der Waals surface area contributed by atoms with Gasteiger partial charge in [0, 0.05) is 29.1 Å². The fourth-order valence-electron chi connectivity index (χ4n) is 2.76. The van der Waals surface area contributed by atoms with Gasteiger partial charge in [0.2, 0.25) is 0 Å². The molecule has 0 amide bonds. The van der Waals surface area contributed by atoms with Gasteiger partial charge in [-0.15, -0.1) is 0 Å². The highest BCUT2D eigenvalue weighted by atomic mass is 79.9. The van der Waals surface area contributed by atoms with E-state index in [1.54, 1.807) is 0 Å². The van der Waals surface area contributed by atoms with Gasteiger partial charge in [-0.2, -0.15) is 0 Å². The molecule has 0 bridgehead atoms. The lowest BCUT2D eigenvalue weighted by Gasteiger charge is -2.43. The molecule has 1 aromatic rings. The molecule has 92 valence electrons. The SMILES string of the molecule is N[C@H]1CC2(CCCOC2)Oc2ccc(Br)cc21. The van der Waals surface area contributed by atoms with Crippen LogP contribution in [0.4, 0.5) is 0 Å². The predicted octanol–water partition coefficient (Wildman–Crippen LogP) is 2.78.